The maximum absolute atomic E-state index is 12.7. The number of amides is 1. The normalized spacial score (nSPS) is 11.4. The summed E-state index contributed by atoms with van der Waals surface area (Å²) in [5, 5.41) is 6.76. The number of hydrogen-bond acceptors (Lipinski definition) is 9. The lowest BCUT2D eigenvalue weighted by Crippen LogP contribution is -2.17. The third-order valence-corrected chi connectivity index (χ3v) is 9.46. The molecule has 2 N–H and O–H groups in total. The van der Waals surface area contributed by atoms with Crippen molar-refractivity contribution in [1.29, 1.82) is 0 Å². The van der Waals surface area contributed by atoms with Gasteiger partial charge in [0, 0.05) is 26.0 Å². The van der Waals surface area contributed by atoms with Crippen LogP contribution in [0.4, 0.5) is 29.1 Å². The van der Waals surface area contributed by atoms with Crippen molar-refractivity contribution in [3.63, 3.8) is 0 Å². The van der Waals surface area contributed by atoms with Crippen LogP contribution < -0.4 is 20.3 Å². The SMILES string of the molecule is CCS(=O)(=O)c1ccc(OC)c(Nc2nccc(N(C)c3ccc4c(c3)nc(NC(=O)Cc3ccc(Cl)c(Cl)c3)n4C)n2)c1. The molecule has 2 heterocycles. The zero-order chi connectivity index (χ0) is 31.6. The third-order valence-electron chi connectivity index (χ3n) is 6.99. The third kappa shape index (κ3) is 6.57. The molecule has 228 valence electrons. The summed E-state index contributed by atoms with van der Waals surface area (Å²) < 4.78 is 32.1. The molecule has 44 heavy (non-hydrogen) atoms. The minimum absolute atomic E-state index is 0.0250. The second kappa shape index (κ2) is 12.7. The van der Waals surface area contributed by atoms with Crippen LogP contribution in [-0.4, -0.2) is 53.8 Å². The van der Waals surface area contributed by atoms with Crippen molar-refractivity contribution in [2.24, 2.45) is 7.05 Å². The molecule has 2 aromatic heterocycles. The highest BCUT2D eigenvalue weighted by Crippen LogP contribution is 2.32. The van der Waals surface area contributed by atoms with E-state index in [0.29, 0.717) is 38.8 Å². The van der Waals surface area contributed by atoms with E-state index in [1.165, 1.54) is 19.2 Å². The number of hydrogen-bond donors (Lipinski definition) is 2. The minimum atomic E-state index is -3.42. The molecule has 0 aliphatic carbocycles. The Morgan fingerprint density at radius 3 is 2.55 bits per heavy atom. The van der Waals surface area contributed by atoms with Gasteiger partial charge in [-0.3, -0.25) is 10.1 Å². The van der Waals surface area contributed by atoms with Gasteiger partial charge < -0.3 is 19.5 Å². The smallest absolute Gasteiger partial charge is 0.231 e. The van der Waals surface area contributed by atoms with Gasteiger partial charge in [-0.15, -0.1) is 0 Å². The van der Waals surface area contributed by atoms with Crippen LogP contribution in [0.2, 0.25) is 10.0 Å². The van der Waals surface area contributed by atoms with Gasteiger partial charge in [0.2, 0.25) is 17.8 Å². The maximum Gasteiger partial charge on any atom is 0.231 e. The Kier molecular flexibility index (Phi) is 8.95. The molecular formula is C30H29Cl2N7O4S. The second-order valence-corrected chi connectivity index (χ2v) is 12.9. The first kappa shape index (κ1) is 31.0. The summed E-state index contributed by atoms with van der Waals surface area (Å²) in [6.07, 6.45) is 1.71. The Balaban J connectivity index is 1.35. The molecule has 0 bridgehead atoms. The summed E-state index contributed by atoms with van der Waals surface area (Å²) in [6, 6.07) is 17.1. The minimum Gasteiger partial charge on any atom is -0.495 e. The van der Waals surface area contributed by atoms with Crippen LogP contribution in [0, 0.1) is 0 Å². The highest BCUT2D eigenvalue weighted by molar-refractivity contribution is 7.91. The van der Waals surface area contributed by atoms with Gasteiger partial charge in [-0.2, -0.15) is 4.98 Å². The summed E-state index contributed by atoms with van der Waals surface area (Å²) in [6.45, 7) is 1.59. The largest absolute Gasteiger partial charge is 0.495 e. The number of aromatic nitrogens is 4. The molecule has 14 heteroatoms. The number of halogens is 2. The number of nitrogens with one attached hydrogen (secondary N) is 2. The number of imidazole rings is 1. The number of carbonyl (C=O) groups excluding carboxylic acids is 1. The molecule has 0 atom stereocenters. The van der Waals surface area contributed by atoms with Gasteiger partial charge in [0.15, 0.2) is 9.84 Å². The molecule has 0 fully saturated rings. The fourth-order valence-corrected chi connectivity index (χ4v) is 5.73. The van der Waals surface area contributed by atoms with E-state index in [-0.39, 0.29) is 28.9 Å². The van der Waals surface area contributed by atoms with Crippen LogP contribution in [0.3, 0.4) is 0 Å². The molecule has 0 spiro atoms. The lowest BCUT2D eigenvalue weighted by atomic mass is 10.1. The topological polar surface area (TPSA) is 131 Å². The van der Waals surface area contributed by atoms with Gasteiger partial charge in [-0.05, 0) is 60.2 Å². The van der Waals surface area contributed by atoms with Crippen LogP contribution in [0.5, 0.6) is 5.75 Å². The number of nitrogens with zero attached hydrogens (tertiary/aromatic N) is 5. The number of aryl methyl sites for hydroxylation is 1. The van der Waals surface area contributed by atoms with Gasteiger partial charge in [-0.1, -0.05) is 36.2 Å². The number of benzene rings is 3. The molecule has 11 nitrogen and oxygen atoms in total. The van der Waals surface area contributed by atoms with Gasteiger partial charge in [-0.25, -0.2) is 18.4 Å². The van der Waals surface area contributed by atoms with Crippen LogP contribution in [-0.2, 0) is 28.1 Å². The van der Waals surface area contributed by atoms with Gasteiger partial charge in [0.05, 0.1) is 50.9 Å². The average molecular weight is 655 g/mol. The zero-order valence-corrected chi connectivity index (χ0v) is 26.6. The Morgan fingerprint density at radius 2 is 1.82 bits per heavy atom. The van der Waals surface area contributed by atoms with E-state index >= 15 is 0 Å². The van der Waals surface area contributed by atoms with E-state index in [9.17, 15) is 13.2 Å². The fourth-order valence-electron chi connectivity index (χ4n) is 4.51. The van der Waals surface area contributed by atoms with E-state index in [0.717, 1.165) is 16.8 Å². The Morgan fingerprint density at radius 1 is 1.02 bits per heavy atom. The first-order chi connectivity index (χ1) is 21.0. The van der Waals surface area contributed by atoms with Crippen molar-refractivity contribution in [3.8, 4) is 5.75 Å². The van der Waals surface area contributed by atoms with Crippen LogP contribution in [0.1, 0.15) is 12.5 Å². The summed E-state index contributed by atoms with van der Waals surface area (Å²) in [5.74, 6) is 1.41. The maximum atomic E-state index is 12.7. The Labute approximate surface area is 264 Å². The number of rotatable bonds is 10. The number of sulfone groups is 1. The van der Waals surface area contributed by atoms with Crippen molar-refractivity contribution in [3.05, 3.63) is 82.5 Å². The van der Waals surface area contributed by atoms with E-state index in [1.807, 2.05) is 37.2 Å². The molecule has 0 saturated heterocycles. The molecule has 5 rings (SSSR count). The van der Waals surface area contributed by atoms with Crippen molar-refractivity contribution in [1.82, 2.24) is 19.5 Å². The van der Waals surface area contributed by atoms with Crippen molar-refractivity contribution in [2.45, 2.75) is 18.2 Å². The first-order valence-corrected chi connectivity index (χ1v) is 15.8. The van der Waals surface area contributed by atoms with E-state index in [1.54, 1.807) is 48.0 Å². The highest BCUT2D eigenvalue weighted by Gasteiger charge is 2.17. The molecule has 0 aliphatic heterocycles. The van der Waals surface area contributed by atoms with Crippen molar-refractivity contribution >= 4 is 79.1 Å². The lowest BCUT2D eigenvalue weighted by molar-refractivity contribution is -0.115. The summed E-state index contributed by atoms with van der Waals surface area (Å²) in [4.78, 5) is 28.3. The number of anilines is 5. The number of fused-ring (bicyclic) bond motifs is 1. The molecule has 0 unspecified atom stereocenters. The standard InChI is InChI=1S/C30H29Cl2N7O4S/c1-5-44(41,42)20-8-11-26(43-4)24(17-20)34-29-33-13-12-27(36-29)38(2)19-7-10-25-23(16-19)35-30(39(25)3)37-28(40)15-18-6-9-21(31)22(32)14-18/h6-14,16-17H,5,15H2,1-4H3,(H,33,34,36)(H,35,37,40). The van der Waals surface area contributed by atoms with Crippen LogP contribution in [0.15, 0.2) is 71.8 Å². The highest BCUT2D eigenvalue weighted by atomic mass is 35.5. The molecule has 3 aromatic carbocycles. The van der Waals surface area contributed by atoms with Crippen LogP contribution >= 0.6 is 23.2 Å². The number of ether oxygens (including phenoxy) is 1. The van der Waals surface area contributed by atoms with E-state index in [4.69, 9.17) is 27.9 Å². The van der Waals surface area contributed by atoms with Gasteiger partial charge >= 0.3 is 0 Å². The van der Waals surface area contributed by atoms with Gasteiger partial charge in [0.25, 0.3) is 0 Å². The quantitative estimate of drug-likeness (QED) is 0.182. The first-order valence-electron chi connectivity index (χ1n) is 13.4. The predicted octanol–water partition coefficient (Wildman–Crippen LogP) is 6.17. The summed E-state index contributed by atoms with van der Waals surface area (Å²) >= 11 is 12.1. The molecule has 5 aromatic rings. The molecule has 0 saturated carbocycles. The lowest BCUT2D eigenvalue weighted by Gasteiger charge is -2.19. The number of carbonyl (C=O) groups is 1. The van der Waals surface area contributed by atoms with E-state index in [2.05, 4.69) is 25.6 Å². The van der Waals surface area contributed by atoms with Crippen LogP contribution in [0.25, 0.3) is 11.0 Å². The zero-order valence-electron chi connectivity index (χ0n) is 24.3. The monoisotopic (exact) mass is 653 g/mol. The molecule has 1 amide bonds. The predicted molar refractivity (Wildman–Crippen MR) is 174 cm³/mol. The van der Waals surface area contributed by atoms with E-state index < -0.39 is 9.84 Å². The molecule has 0 aliphatic rings. The summed E-state index contributed by atoms with van der Waals surface area (Å²) in [5.41, 5.74) is 3.45. The fraction of sp³-hybridized carbons (Fsp3) is 0.200. The van der Waals surface area contributed by atoms with Crippen molar-refractivity contribution < 1.29 is 17.9 Å². The Hall–Kier alpha value is -4.39. The molecule has 0 radical (unpaired) electrons. The average Bonchev–Trinajstić information content (AvgIpc) is 3.32. The van der Waals surface area contributed by atoms with Gasteiger partial charge in [0.1, 0.15) is 11.6 Å². The Bertz CT molecular complexity index is 1980. The second-order valence-electron chi connectivity index (χ2n) is 9.83. The summed E-state index contributed by atoms with van der Waals surface area (Å²) in [7, 11) is 1.75. The van der Waals surface area contributed by atoms with Crippen molar-refractivity contribution in [2.75, 3.05) is 35.4 Å². The number of methoxy groups -OCH3 is 1. The molecular weight excluding hydrogens is 625 g/mol.